The monoisotopic (exact) mass is 389 g/mol. The topological polar surface area (TPSA) is 111 Å². The number of thioether (sulfide) groups is 1. The van der Waals surface area contributed by atoms with Gasteiger partial charge in [0.1, 0.15) is 0 Å². The number of aryl methyl sites for hydroxylation is 2. The van der Waals surface area contributed by atoms with E-state index in [4.69, 9.17) is 4.74 Å². The number of hydrogen-bond donors (Lipinski definition) is 1. The molecule has 0 atom stereocenters. The lowest BCUT2D eigenvalue weighted by Gasteiger charge is -2.28. The van der Waals surface area contributed by atoms with Gasteiger partial charge in [0, 0.05) is 44.8 Å². The van der Waals surface area contributed by atoms with E-state index in [1.54, 1.807) is 25.5 Å². The van der Waals surface area contributed by atoms with Crippen LogP contribution in [0.3, 0.4) is 0 Å². The molecular weight excluding hydrogens is 370 g/mol. The molecule has 142 valence electrons. The van der Waals surface area contributed by atoms with Gasteiger partial charge in [-0.1, -0.05) is 11.8 Å². The number of H-pyrrole nitrogens is 1. The number of nitrogens with one attached hydrogen (secondary N) is 1. The Morgan fingerprint density at radius 3 is 2.70 bits per heavy atom. The molecule has 4 heterocycles. The van der Waals surface area contributed by atoms with Crippen LogP contribution in [0, 0.1) is 0 Å². The van der Waals surface area contributed by atoms with Crippen molar-refractivity contribution in [1.29, 1.82) is 0 Å². The van der Waals surface area contributed by atoms with Crippen molar-refractivity contribution < 1.29 is 4.74 Å². The van der Waals surface area contributed by atoms with Gasteiger partial charge in [-0.3, -0.25) is 14.3 Å². The largest absolute Gasteiger partial charge is 0.378 e. The Bertz CT molecular complexity index is 1050. The second kappa shape index (κ2) is 7.53. The molecule has 10 nitrogen and oxygen atoms in total. The summed E-state index contributed by atoms with van der Waals surface area (Å²) < 4.78 is 8.65. The summed E-state index contributed by atoms with van der Waals surface area (Å²) in [6.07, 6.45) is 3.39. The minimum Gasteiger partial charge on any atom is -0.378 e. The van der Waals surface area contributed by atoms with E-state index in [-0.39, 0.29) is 0 Å². The average Bonchev–Trinajstić information content (AvgIpc) is 3.08. The van der Waals surface area contributed by atoms with E-state index in [9.17, 15) is 9.59 Å². The Kier molecular flexibility index (Phi) is 4.94. The highest BCUT2D eigenvalue weighted by atomic mass is 32.2. The predicted molar refractivity (Wildman–Crippen MR) is 101 cm³/mol. The van der Waals surface area contributed by atoms with Gasteiger partial charge >= 0.3 is 5.69 Å². The molecule has 0 bridgehead atoms. The number of nitrogens with zero attached hydrogens (tertiary/aromatic N) is 6. The average molecular weight is 389 g/mol. The van der Waals surface area contributed by atoms with Gasteiger partial charge in [0.2, 0.25) is 5.95 Å². The Balaban J connectivity index is 1.72. The van der Waals surface area contributed by atoms with E-state index >= 15 is 0 Å². The van der Waals surface area contributed by atoms with Gasteiger partial charge in [-0.2, -0.15) is 4.98 Å². The highest BCUT2D eigenvalue weighted by Crippen LogP contribution is 2.22. The molecule has 0 spiro atoms. The molecule has 0 aromatic carbocycles. The summed E-state index contributed by atoms with van der Waals surface area (Å²) in [6, 6.07) is 1.77. The number of aromatic amines is 1. The number of morpholine rings is 1. The van der Waals surface area contributed by atoms with Crippen molar-refractivity contribution in [2.24, 2.45) is 7.05 Å². The van der Waals surface area contributed by atoms with Crippen LogP contribution in [-0.2, 0) is 18.3 Å². The first kappa shape index (κ1) is 17.7. The van der Waals surface area contributed by atoms with Crippen molar-refractivity contribution in [2.45, 2.75) is 11.7 Å². The van der Waals surface area contributed by atoms with Gasteiger partial charge < -0.3 is 14.2 Å². The number of anilines is 1. The summed E-state index contributed by atoms with van der Waals surface area (Å²) in [5.41, 5.74) is -0.127. The first-order chi connectivity index (χ1) is 13.1. The normalized spacial score (nSPS) is 14.8. The van der Waals surface area contributed by atoms with Crippen molar-refractivity contribution in [3.63, 3.8) is 0 Å². The molecule has 1 N–H and O–H groups in total. The number of ether oxygens (including phenoxy) is 1. The summed E-state index contributed by atoms with van der Waals surface area (Å²) in [6.45, 7) is 3.11. The fourth-order valence-electron chi connectivity index (χ4n) is 3.03. The standard InChI is InChI=1S/C16H19N7O3S/c1-21-12-11(13(24)20-16(21)25)23(7-10-27-14-17-3-2-4-18-14)15(19-12)22-5-8-26-9-6-22/h2-4H,5-10H2,1H3,(H,20,24,25). The lowest BCUT2D eigenvalue weighted by atomic mass is 10.4. The van der Waals surface area contributed by atoms with Gasteiger partial charge in [0.05, 0.1) is 13.2 Å². The SMILES string of the molecule is Cn1c(=O)[nH]c(=O)c2c1nc(N1CCOCC1)n2CCSc1ncccn1. The van der Waals surface area contributed by atoms with Gasteiger partial charge in [-0.25, -0.2) is 14.8 Å². The first-order valence-corrected chi connectivity index (χ1v) is 9.56. The molecule has 1 aliphatic heterocycles. The highest BCUT2D eigenvalue weighted by molar-refractivity contribution is 7.99. The lowest BCUT2D eigenvalue weighted by molar-refractivity contribution is 0.121. The van der Waals surface area contributed by atoms with Gasteiger partial charge in [0.25, 0.3) is 5.56 Å². The fraction of sp³-hybridized carbons (Fsp3) is 0.438. The van der Waals surface area contributed by atoms with E-state index in [0.29, 0.717) is 60.9 Å². The van der Waals surface area contributed by atoms with E-state index in [2.05, 4.69) is 24.8 Å². The lowest BCUT2D eigenvalue weighted by Crippen LogP contribution is -2.38. The summed E-state index contributed by atoms with van der Waals surface area (Å²) in [5, 5.41) is 0.677. The van der Waals surface area contributed by atoms with Crippen LogP contribution in [0.2, 0.25) is 0 Å². The van der Waals surface area contributed by atoms with Crippen LogP contribution in [0.1, 0.15) is 0 Å². The summed E-state index contributed by atoms with van der Waals surface area (Å²) in [7, 11) is 1.60. The van der Waals surface area contributed by atoms with Crippen molar-refractivity contribution >= 4 is 28.9 Å². The minimum absolute atomic E-state index is 0.381. The molecule has 3 aromatic rings. The van der Waals surface area contributed by atoms with Crippen LogP contribution < -0.4 is 16.1 Å². The Labute approximate surface area is 158 Å². The van der Waals surface area contributed by atoms with Crippen LogP contribution >= 0.6 is 11.8 Å². The highest BCUT2D eigenvalue weighted by Gasteiger charge is 2.22. The van der Waals surface area contributed by atoms with Crippen molar-refractivity contribution in [2.75, 3.05) is 37.0 Å². The minimum atomic E-state index is -0.474. The number of rotatable bonds is 5. The Morgan fingerprint density at radius 2 is 1.96 bits per heavy atom. The molecule has 1 saturated heterocycles. The van der Waals surface area contributed by atoms with E-state index < -0.39 is 11.2 Å². The molecule has 1 fully saturated rings. The van der Waals surface area contributed by atoms with Gasteiger partial charge in [-0.15, -0.1) is 0 Å². The fourth-order valence-corrected chi connectivity index (χ4v) is 3.76. The zero-order valence-electron chi connectivity index (χ0n) is 14.8. The summed E-state index contributed by atoms with van der Waals surface area (Å²) in [5.74, 6) is 1.34. The molecule has 1 aliphatic rings. The molecule has 0 unspecified atom stereocenters. The molecule has 4 rings (SSSR count). The summed E-state index contributed by atoms with van der Waals surface area (Å²) >= 11 is 1.50. The molecule has 0 saturated carbocycles. The summed E-state index contributed by atoms with van der Waals surface area (Å²) in [4.78, 5) is 41.9. The van der Waals surface area contributed by atoms with Gasteiger partial charge in [-0.05, 0) is 6.07 Å². The first-order valence-electron chi connectivity index (χ1n) is 8.57. The number of imidazole rings is 1. The number of aromatic nitrogens is 6. The molecule has 27 heavy (non-hydrogen) atoms. The maximum absolute atomic E-state index is 12.5. The predicted octanol–water partition coefficient (Wildman–Crippen LogP) is -0.158. The third-order valence-corrected chi connectivity index (χ3v) is 5.22. The zero-order chi connectivity index (χ0) is 18.8. The van der Waals surface area contributed by atoms with Crippen LogP contribution in [0.25, 0.3) is 11.2 Å². The Morgan fingerprint density at radius 1 is 1.22 bits per heavy atom. The van der Waals surface area contributed by atoms with Crippen LogP contribution in [0.15, 0.2) is 33.2 Å². The quantitative estimate of drug-likeness (QED) is 0.473. The van der Waals surface area contributed by atoms with Crippen molar-refractivity contribution in [3.8, 4) is 0 Å². The maximum Gasteiger partial charge on any atom is 0.329 e. The maximum atomic E-state index is 12.5. The third kappa shape index (κ3) is 3.47. The van der Waals surface area contributed by atoms with Crippen LogP contribution in [0.5, 0.6) is 0 Å². The van der Waals surface area contributed by atoms with Crippen LogP contribution in [0.4, 0.5) is 5.95 Å². The molecule has 0 radical (unpaired) electrons. The third-order valence-electron chi connectivity index (χ3n) is 4.37. The van der Waals surface area contributed by atoms with E-state index in [1.807, 2.05) is 4.57 Å². The molecule has 11 heteroatoms. The molecule has 0 aliphatic carbocycles. The van der Waals surface area contributed by atoms with E-state index in [1.165, 1.54) is 16.3 Å². The number of fused-ring (bicyclic) bond motifs is 1. The number of hydrogen-bond acceptors (Lipinski definition) is 8. The smallest absolute Gasteiger partial charge is 0.329 e. The Hall–Kier alpha value is -2.66. The second-order valence-electron chi connectivity index (χ2n) is 6.03. The molecule has 3 aromatic heterocycles. The van der Waals surface area contributed by atoms with Gasteiger partial charge in [0.15, 0.2) is 16.3 Å². The van der Waals surface area contributed by atoms with Crippen molar-refractivity contribution in [3.05, 3.63) is 39.3 Å². The second-order valence-corrected chi connectivity index (χ2v) is 7.10. The van der Waals surface area contributed by atoms with E-state index in [0.717, 1.165) is 0 Å². The van der Waals surface area contributed by atoms with Crippen molar-refractivity contribution in [1.82, 2.24) is 29.1 Å². The zero-order valence-corrected chi connectivity index (χ0v) is 15.6. The van der Waals surface area contributed by atoms with Crippen LogP contribution in [-0.4, -0.2) is 61.1 Å². The molecule has 0 amide bonds. The molecular formula is C16H19N7O3S.